The smallest absolute Gasteiger partial charge is 0.0651 e. The Morgan fingerprint density at radius 3 is 1.67 bits per heavy atom. The molecule has 4 nitrogen and oxygen atoms in total. The molecular weight excluding hydrogens is 192 g/mol. The summed E-state index contributed by atoms with van der Waals surface area (Å²) in [6.45, 7) is 0. The molecule has 2 bridgehead atoms. The van der Waals surface area contributed by atoms with Crippen LogP contribution in [-0.2, 0) is 0 Å². The minimum atomic E-state index is 0.427. The van der Waals surface area contributed by atoms with E-state index in [0.29, 0.717) is 23.7 Å². The van der Waals surface area contributed by atoms with Crippen LogP contribution in [0.1, 0.15) is 6.42 Å². The second kappa shape index (κ2) is 1.81. The summed E-state index contributed by atoms with van der Waals surface area (Å²) in [5.74, 6) is 4.76. The predicted molar refractivity (Wildman–Crippen MR) is 51.0 cm³/mol. The molecular formula is C11H12N2O2. The molecule has 5 aliphatic rings. The van der Waals surface area contributed by atoms with E-state index >= 15 is 0 Å². The van der Waals surface area contributed by atoms with Crippen LogP contribution < -0.4 is 0 Å². The topological polar surface area (TPSA) is 65.2 Å². The van der Waals surface area contributed by atoms with Gasteiger partial charge in [0.1, 0.15) is 0 Å². The molecule has 2 N–H and O–H groups in total. The van der Waals surface area contributed by atoms with E-state index in [-0.39, 0.29) is 0 Å². The van der Waals surface area contributed by atoms with Crippen LogP contribution in [-0.4, -0.2) is 21.8 Å². The Bertz CT molecular complexity index is 400. The fraction of sp³-hybridized carbons (Fsp3) is 0.818. The Morgan fingerprint density at radius 2 is 1.27 bits per heavy atom. The van der Waals surface area contributed by atoms with Crippen LogP contribution >= 0.6 is 0 Å². The van der Waals surface area contributed by atoms with Crippen molar-refractivity contribution in [3.63, 3.8) is 0 Å². The van der Waals surface area contributed by atoms with E-state index in [4.69, 9.17) is 10.4 Å². The standard InChI is InChI=1S/C11H12N2O2/c14-12-10-6-2-1-3-5-4(2)8(10)9(5)11(13-15)7(3)6/h2-9,14-15H,1H2/b12-10-,13-11-/t2-,3+,4-,5+,6+,7-,8-,9-/m0/s1. The number of oxime groups is 2. The zero-order valence-corrected chi connectivity index (χ0v) is 8.11. The SMILES string of the molecule is O/N=C1/[C@@H]2[C@H]3C[C@H]4[C@@H]2/C(=N/O)[C@@H]2[C@@H]1[C@@H]3[C@@H]42. The van der Waals surface area contributed by atoms with Crippen molar-refractivity contribution in [2.24, 2.45) is 57.7 Å². The van der Waals surface area contributed by atoms with Crippen molar-refractivity contribution in [1.29, 1.82) is 0 Å². The Hall–Kier alpha value is -1.06. The lowest BCUT2D eigenvalue weighted by Crippen LogP contribution is -2.48. The van der Waals surface area contributed by atoms with Crippen LogP contribution in [0.4, 0.5) is 0 Å². The van der Waals surface area contributed by atoms with Gasteiger partial charge in [0.2, 0.25) is 0 Å². The summed E-state index contributed by atoms with van der Waals surface area (Å²) < 4.78 is 0. The van der Waals surface area contributed by atoms with Gasteiger partial charge in [0.15, 0.2) is 0 Å². The van der Waals surface area contributed by atoms with Gasteiger partial charge in [-0.1, -0.05) is 10.3 Å². The lowest BCUT2D eigenvalue weighted by molar-refractivity contribution is 0.0644. The largest absolute Gasteiger partial charge is 0.411 e. The number of rotatable bonds is 0. The van der Waals surface area contributed by atoms with Gasteiger partial charge in [-0.25, -0.2) is 0 Å². The van der Waals surface area contributed by atoms with Crippen LogP contribution in [0.25, 0.3) is 0 Å². The van der Waals surface area contributed by atoms with Crippen LogP contribution in [0.3, 0.4) is 0 Å². The molecule has 0 saturated heterocycles. The second-order valence-corrected chi connectivity index (χ2v) is 5.87. The van der Waals surface area contributed by atoms with Crippen molar-refractivity contribution in [2.45, 2.75) is 6.42 Å². The van der Waals surface area contributed by atoms with Crippen molar-refractivity contribution < 1.29 is 10.4 Å². The van der Waals surface area contributed by atoms with Gasteiger partial charge in [0.05, 0.1) is 11.4 Å². The fourth-order valence-electron chi connectivity index (χ4n) is 6.13. The fourth-order valence-corrected chi connectivity index (χ4v) is 6.13. The van der Waals surface area contributed by atoms with Crippen LogP contribution in [0, 0.1) is 47.3 Å². The molecule has 5 rings (SSSR count). The molecule has 0 amide bonds. The highest BCUT2D eigenvalue weighted by atomic mass is 16.4. The summed E-state index contributed by atoms with van der Waals surface area (Å²) in [4.78, 5) is 0. The molecule has 5 saturated carbocycles. The van der Waals surface area contributed by atoms with Gasteiger partial charge in [-0.2, -0.15) is 0 Å². The Balaban J connectivity index is 1.83. The molecule has 0 aromatic rings. The minimum absolute atomic E-state index is 0.427. The van der Waals surface area contributed by atoms with Crippen molar-refractivity contribution in [3.05, 3.63) is 0 Å². The van der Waals surface area contributed by atoms with Crippen molar-refractivity contribution in [2.75, 3.05) is 0 Å². The van der Waals surface area contributed by atoms with Crippen LogP contribution in [0.2, 0.25) is 0 Å². The van der Waals surface area contributed by atoms with Crippen LogP contribution in [0.5, 0.6) is 0 Å². The van der Waals surface area contributed by atoms with E-state index in [9.17, 15) is 0 Å². The lowest BCUT2D eigenvalue weighted by Gasteiger charge is -2.44. The summed E-state index contributed by atoms with van der Waals surface area (Å²) in [6, 6.07) is 0. The van der Waals surface area contributed by atoms with Gasteiger partial charge in [0, 0.05) is 23.7 Å². The monoisotopic (exact) mass is 204 g/mol. The molecule has 0 unspecified atom stereocenters. The number of fused-ring (bicyclic) bond motifs is 2. The molecule has 5 aliphatic carbocycles. The Labute approximate surface area is 86.6 Å². The first-order chi connectivity index (χ1) is 7.38. The van der Waals surface area contributed by atoms with Gasteiger partial charge in [0.25, 0.3) is 0 Å². The highest BCUT2D eigenvalue weighted by Crippen LogP contribution is 2.80. The van der Waals surface area contributed by atoms with E-state index in [1.54, 1.807) is 0 Å². The summed E-state index contributed by atoms with van der Waals surface area (Å²) in [6.07, 6.45) is 1.29. The summed E-state index contributed by atoms with van der Waals surface area (Å²) >= 11 is 0. The molecule has 0 aromatic heterocycles. The molecule has 78 valence electrons. The van der Waals surface area contributed by atoms with E-state index in [2.05, 4.69) is 10.3 Å². The molecule has 5 fully saturated rings. The molecule has 0 heterocycles. The molecule has 0 spiro atoms. The lowest BCUT2D eigenvalue weighted by atomic mass is 9.59. The first-order valence-electron chi connectivity index (χ1n) is 5.82. The molecule has 4 heteroatoms. The molecule has 0 radical (unpaired) electrons. The average Bonchev–Trinajstić information content (AvgIpc) is 2.73. The maximum atomic E-state index is 9.13. The maximum absolute atomic E-state index is 9.13. The zero-order valence-electron chi connectivity index (χ0n) is 8.11. The van der Waals surface area contributed by atoms with Gasteiger partial charge in [-0.05, 0) is 30.1 Å². The van der Waals surface area contributed by atoms with E-state index in [1.807, 2.05) is 0 Å². The van der Waals surface area contributed by atoms with Crippen LogP contribution in [0.15, 0.2) is 10.3 Å². The van der Waals surface area contributed by atoms with E-state index in [1.165, 1.54) is 6.42 Å². The highest BCUT2D eigenvalue weighted by molar-refractivity contribution is 6.10. The van der Waals surface area contributed by atoms with E-state index < -0.39 is 0 Å². The maximum Gasteiger partial charge on any atom is 0.0651 e. The molecule has 15 heavy (non-hydrogen) atoms. The van der Waals surface area contributed by atoms with Crippen molar-refractivity contribution >= 4 is 11.4 Å². The summed E-state index contributed by atoms with van der Waals surface area (Å²) in [7, 11) is 0. The first kappa shape index (κ1) is 7.25. The Morgan fingerprint density at radius 1 is 0.800 bits per heavy atom. The normalized spacial score (nSPS) is 71.2. The van der Waals surface area contributed by atoms with Gasteiger partial charge in [-0.15, -0.1) is 0 Å². The first-order valence-corrected chi connectivity index (χ1v) is 5.82. The molecule has 0 aromatic carbocycles. The third-order valence-electron chi connectivity index (χ3n) is 6.10. The third kappa shape index (κ3) is 0.446. The van der Waals surface area contributed by atoms with Crippen molar-refractivity contribution in [1.82, 2.24) is 0 Å². The average molecular weight is 204 g/mol. The highest BCUT2D eigenvalue weighted by Gasteiger charge is 2.82. The molecule has 0 aliphatic heterocycles. The predicted octanol–water partition coefficient (Wildman–Crippen LogP) is 1.03. The number of hydrogen-bond acceptors (Lipinski definition) is 4. The zero-order chi connectivity index (χ0) is 9.89. The molecule has 8 atom stereocenters. The van der Waals surface area contributed by atoms with Crippen molar-refractivity contribution in [3.8, 4) is 0 Å². The van der Waals surface area contributed by atoms with E-state index in [0.717, 1.165) is 35.1 Å². The number of nitrogens with zero attached hydrogens (tertiary/aromatic N) is 2. The minimum Gasteiger partial charge on any atom is -0.411 e. The van der Waals surface area contributed by atoms with Gasteiger partial charge in [-0.3, -0.25) is 0 Å². The van der Waals surface area contributed by atoms with Gasteiger partial charge >= 0.3 is 0 Å². The van der Waals surface area contributed by atoms with Gasteiger partial charge < -0.3 is 10.4 Å². The summed E-state index contributed by atoms with van der Waals surface area (Å²) in [5.41, 5.74) is 2.09. The third-order valence-corrected chi connectivity index (χ3v) is 6.10. The quantitative estimate of drug-likeness (QED) is 0.457. The second-order valence-electron chi connectivity index (χ2n) is 5.87. The Kier molecular flexibility index (Phi) is 0.874. The number of hydrogen-bond donors (Lipinski definition) is 2. The summed E-state index contributed by atoms with van der Waals surface area (Å²) in [5, 5.41) is 25.4.